The Kier molecular flexibility index (Phi) is 2.91. The number of nitrogens with two attached hydrogens (primary N) is 1. The van der Waals surface area contributed by atoms with Crippen molar-refractivity contribution in [3.63, 3.8) is 0 Å². The summed E-state index contributed by atoms with van der Waals surface area (Å²) in [5, 5.41) is 0. The van der Waals surface area contributed by atoms with Crippen molar-refractivity contribution in [2.45, 2.75) is 12.5 Å². The van der Waals surface area contributed by atoms with Crippen LogP contribution in [0.3, 0.4) is 0 Å². The molecule has 1 unspecified atom stereocenters. The molecule has 0 aliphatic carbocycles. The fourth-order valence-electron chi connectivity index (χ4n) is 1.69. The Hall–Kier alpha value is -2.17. The molecule has 1 aromatic carbocycles. The predicted octanol–water partition coefficient (Wildman–Crippen LogP) is 0.149. The van der Waals surface area contributed by atoms with Crippen molar-refractivity contribution in [2.24, 2.45) is 10.7 Å². The van der Waals surface area contributed by atoms with E-state index in [1.165, 1.54) is 7.05 Å². The van der Waals surface area contributed by atoms with Gasteiger partial charge in [0, 0.05) is 12.6 Å². The largest absolute Gasteiger partial charge is 0.383 e. The summed E-state index contributed by atoms with van der Waals surface area (Å²) >= 11 is 0. The van der Waals surface area contributed by atoms with Gasteiger partial charge in [0.1, 0.15) is 11.9 Å². The first kappa shape index (κ1) is 11.3. The van der Waals surface area contributed by atoms with Crippen molar-refractivity contribution in [3.05, 3.63) is 35.9 Å². The van der Waals surface area contributed by atoms with Gasteiger partial charge in [0.15, 0.2) is 0 Å². The van der Waals surface area contributed by atoms with E-state index in [0.29, 0.717) is 0 Å². The molecule has 17 heavy (non-hydrogen) atoms. The third-order valence-electron chi connectivity index (χ3n) is 2.72. The van der Waals surface area contributed by atoms with Crippen LogP contribution in [0.4, 0.5) is 0 Å². The number of carbonyl (C=O) groups excluding carboxylic acids is 2. The lowest BCUT2D eigenvalue weighted by Gasteiger charge is -2.06. The summed E-state index contributed by atoms with van der Waals surface area (Å²) in [7, 11) is 1.46. The molecule has 0 saturated carbocycles. The number of likely N-dealkylation sites (N-methyl/N-ethyl adjacent to an activating group) is 1. The monoisotopic (exact) mass is 231 g/mol. The highest BCUT2D eigenvalue weighted by molar-refractivity contribution is 6.07. The lowest BCUT2D eigenvalue weighted by atomic mass is 10.2. The number of amides is 2. The summed E-state index contributed by atoms with van der Waals surface area (Å²) in [5.74, 6) is -0.231. The minimum Gasteiger partial charge on any atom is -0.383 e. The molecule has 0 aromatic heterocycles. The van der Waals surface area contributed by atoms with Crippen LogP contribution >= 0.6 is 0 Å². The fourth-order valence-corrected chi connectivity index (χ4v) is 1.69. The second-order valence-electron chi connectivity index (χ2n) is 3.89. The van der Waals surface area contributed by atoms with Gasteiger partial charge in [-0.1, -0.05) is 30.3 Å². The number of rotatable bonds is 2. The Bertz CT molecular complexity index is 482. The summed E-state index contributed by atoms with van der Waals surface area (Å²) in [6, 6.07) is 8.49. The molecule has 1 saturated heterocycles. The predicted molar refractivity (Wildman–Crippen MR) is 63.3 cm³/mol. The molecule has 2 N–H and O–H groups in total. The van der Waals surface area contributed by atoms with Gasteiger partial charge < -0.3 is 5.73 Å². The molecule has 0 spiro atoms. The van der Waals surface area contributed by atoms with Crippen LogP contribution in [0.15, 0.2) is 35.3 Å². The molecule has 1 fully saturated rings. The highest BCUT2D eigenvalue weighted by Gasteiger charge is 2.35. The average molecular weight is 231 g/mol. The molecule has 0 radical (unpaired) electrons. The molecule has 5 nitrogen and oxygen atoms in total. The van der Waals surface area contributed by atoms with Gasteiger partial charge in [0.25, 0.3) is 5.91 Å². The van der Waals surface area contributed by atoms with Crippen LogP contribution in [0.5, 0.6) is 0 Å². The highest BCUT2D eigenvalue weighted by Crippen LogP contribution is 2.14. The van der Waals surface area contributed by atoms with Crippen LogP contribution in [0.1, 0.15) is 12.0 Å². The van der Waals surface area contributed by atoms with Crippen molar-refractivity contribution in [3.8, 4) is 0 Å². The van der Waals surface area contributed by atoms with E-state index in [-0.39, 0.29) is 24.1 Å². The molecule has 1 aromatic rings. The number of hydrogen-bond donors (Lipinski definition) is 1. The Morgan fingerprint density at radius 1 is 1.35 bits per heavy atom. The number of aliphatic imine (C=N–C) groups is 1. The molecule has 1 aliphatic heterocycles. The summed E-state index contributed by atoms with van der Waals surface area (Å²) in [6.07, 6.45) is 0.100. The molecule has 1 atom stereocenters. The summed E-state index contributed by atoms with van der Waals surface area (Å²) in [4.78, 5) is 28.1. The molecule has 0 bridgehead atoms. The summed E-state index contributed by atoms with van der Waals surface area (Å²) in [5.41, 5.74) is 6.55. The quantitative estimate of drug-likeness (QED) is 0.447. The van der Waals surface area contributed by atoms with Crippen molar-refractivity contribution < 1.29 is 9.59 Å². The number of hydrogen-bond acceptors (Lipinski definition) is 3. The Morgan fingerprint density at radius 2 is 2.00 bits per heavy atom. The van der Waals surface area contributed by atoms with Crippen LogP contribution in [0.2, 0.25) is 0 Å². The molecule has 2 amide bonds. The van der Waals surface area contributed by atoms with Gasteiger partial charge in [-0.05, 0) is 0 Å². The second-order valence-corrected chi connectivity index (χ2v) is 3.89. The van der Waals surface area contributed by atoms with E-state index in [9.17, 15) is 9.59 Å². The van der Waals surface area contributed by atoms with Gasteiger partial charge in [-0.15, -0.1) is 0 Å². The highest BCUT2D eigenvalue weighted by atomic mass is 16.2. The van der Waals surface area contributed by atoms with Gasteiger partial charge in [-0.3, -0.25) is 19.5 Å². The van der Waals surface area contributed by atoms with Gasteiger partial charge in [-0.25, -0.2) is 0 Å². The fraction of sp³-hybridized carbons (Fsp3) is 0.250. The van der Waals surface area contributed by atoms with E-state index in [1.807, 2.05) is 30.3 Å². The van der Waals surface area contributed by atoms with Crippen molar-refractivity contribution in [1.29, 1.82) is 0 Å². The smallest absolute Gasteiger partial charge is 0.254 e. The number of nitrogens with zero attached hydrogens (tertiary/aromatic N) is 2. The zero-order valence-corrected chi connectivity index (χ0v) is 9.46. The molecular formula is C12H13N3O2. The second kappa shape index (κ2) is 4.37. The standard InChI is InChI=1S/C12H13N3O2/c1-15-10(16)7-9(12(15)17)14-11(13)8-5-3-2-4-6-8/h2-6,9H,7H2,1H3,(H2,13,14). The summed E-state index contributed by atoms with van der Waals surface area (Å²) < 4.78 is 0. The Balaban J connectivity index is 2.21. The van der Waals surface area contributed by atoms with Gasteiger partial charge in [-0.2, -0.15) is 0 Å². The van der Waals surface area contributed by atoms with Crippen LogP contribution in [0, 0.1) is 0 Å². The molecule has 1 aliphatic rings. The van der Waals surface area contributed by atoms with E-state index < -0.39 is 6.04 Å². The molecule has 88 valence electrons. The minimum atomic E-state index is -0.673. The van der Waals surface area contributed by atoms with Crippen LogP contribution in [-0.4, -0.2) is 35.6 Å². The first-order valence-corrected chi connectivity index (χ1v) is 5.28. The Morgan fingerprint density at radius 3 is 2.53 bits per heavy atom. The number of likely N-dealkylation sites (tertiary alicyclic amines) is 1. The van der Waals surface area contributed by atoms with Crippen LogP contribution < -0.4 is 5.73 Å². The molecule has 5 heteroatoms. The zero-order chi connectivity index (χ0) is 12.4. The maximum Gasteiger partial charge on any atom is 0.254 e. The lowest BCUT2D eigenvalue weighted by Crippen LogP contribution is -2.28. The van der Waals surface area contributed by atoms with E-state index in [1.54, 1.807) is 0 Å². The molecule has 2 rings (SSSR count). The third-order valence-corrected chi connectivity index (χ3v) is 2.72. The number of imide groups is 1. The van der Waals surface area contributed by atoms with Crippen LogP contribution in [-0.2, 0) is 9.59 Å². The van der Waals surface area contributed by atoms with Crippen molar-refractivity contribution in [1.82, 2.24) is 4.90 Å². The van der Waals surface area contributed by atoms with Gasteiger partial charge >= 0.3 is 0 Å². The van der Waals surface area contributed by atoms with Crippen molar-refractivity contribution >= 4 is 17.6 Å². The average Bonchev–Trinajstić information content (AvgIpc) is 2.58. The Labute approximate surface area is 98.9 Å². The van der Waals surface area contributed by atoms with E-state index in [0.717, 1.165) is 10.5 Å². The normalized spacial score (nSPS) is 21.1. The van der Waals surface area contributed by atoms with Gasteiger partial charge in [0.2, 0.25) is 5.91 Å². The zero-order valence-electron chi connectivity index (χ0n) is 9.46. The molecular weight excluding hydrogens is 218 g/mol. The van der Waals surface area contributed by atoms with E-state index in [2.05, 4.69) is 4.99 Å². The minimum absolute atomic E-state index is 0.100. The van der Waals surface area contributed by atoms with E-state index >= 15 is 0 Å². The van der Waals surface area contributed by atoms with Crippen LogP contribution in [0.25, 0.3) is 0 Å². The number of benzene rings is 1. The van der Waals surface area contributed by atoms with E-state index in [4.69, 9.17) is 5.73 Å². The maximum absolute atomic E-state index is 11.6. The molecule has 1 heterocycles. The van der Waals surface area contributed by atoms with Crippen molar-refractivity contribution in [2.75, 3.05) is 7.05 Å². The first-order chi connectivity index (χ1) is 8.09. The SMILES string of the molecule is CN1C(=O)CC(N=C(N)c2ccccc2)C1=O. The summed E-state index contributed by atoms with van der Waals surface area (Å²) in [6.45, 7) is 0. The lowest BCUT2D eigenvalue weighted by molar-refractivity contribution is -0.136. The first-order valence-electron chi connectivity index (χ1n) is 5.28. The number of carbonyl (C=O) groups is 2. The maximum atomic E-state index is 11.6. The van der Waals surface area contributed by atoms with Gasteiger partial charge in [0.05, 0.1) is 6.42 Å². The topological polar surface area (TPSA) is 75.8 Å². The third kappa shape index (κ3) is 2.18. The number of amidine groups is 1.